The molecule has 1 aromatic carbocycles. The van der Waals surface area contributed by atoms with E-state index in [9.17, 15) is 4.79 Å². The van der Waals surface area contributed by atoms with Crippen LogP contribution >= 0.6 is 27.5 Å². The van der Waals surface area contributed by atoms with Gasteiger partial charge in [0.2, 0.25) is 0 Å². The molecule has 3 nitrogen and oxygen atoms in total. The molecule has 0 saturated heterocycles. The first-order valence-electron chi connectivity index (χ1n) is 5.52. The summed E-state index contributed by atoms with van der Waals surface area (Å²) < 4.78 is 0.866. The molecule has 0 aliphatic heterocycles. The van der Waals surface area contributed by atoms with E-state index in [-0.39, 0.29) is 5.91 Å². The number of carbonyl (C=O) groups excluding carboxylic acids is 1. The van der Waals surface area contributed by atoms with Crippen LogP contribution in [0.3, 0.4) is 0 Å². The van der Waals surface area contributed by atoms with Gasteiger partial charge >= 0.3 is 0 Å². The van der Waals surface area contributed by atoms with Gasteiger partial charge in [0, 0.05) is 22.2 Å². The Bertz CT molecular complexity index is 536. The fourth-order valence-electron chi connectivity index (χ4n) is 1.57. The first-order chi connectivity index (χ1) is 8.65. The van der Waals surface area contributed by atoms with Gasteiger partial charge in [-0.3, -0.25) is 4.79 Å². The van der Waals surface area contributed by atoms with Gasteiger partial charge < -0.3 is 10.3 Å². The minimum absolute atomic E-state index is 0.102. The number of nitrogens with one attached hydrogen (secondary N) is 2. The van der Waals surface area contributed by atoms with E-state index in [4.69, 9.17) is 11.6 Å². The number of hydrogen-bond acceptors (Lipinski definition) is 1. The highest BCUT2D eigenvalue weighted by Gasteiger charge is 2.06. The lowest BCUT2D eigenvalue weighted by atomic mass is 10.1. The highest BCUT2D eigenvalue weighted by molar-refractivity contribution is 9.10. The van der Waals surface area contributed by atoms with Crippen molar-refractivity contribution < 1.29 is 4.79 Å². The summed E-state index contributed by atoms with van der Waals surface area (Å²) in [5.41, 5.74) is 1.70. The molecule has 1 amide bonds. The van der Waals surface area contributed by atoms with E-state index in [0.717, 1.165) is 21.5 Å². The van der Waals surface area contributed by atoms with Crippen molar-refractivity contribution in [1.82, 2.24) is 10.3 Å². The Hall–Kier alpha value is -1.26. The maximum atomic E-state index is 11.7. The quantitative estimate of drug-likeness (QED) is 0.888. The molecule has 18 heavy (non-hydrogen) atoms. The standard InChI is InChI=1S/C13H12BrClN2O/c14-10-7-12(17-8-10)13(18)16-6-5-9-1-3-11(15)4-2-9/h1-4,7-8,17H,5-6H2,(H,16,18). The third-order valence-corrected chi connectivity index (χ3v) is 3.21. The molecule has 2 rings (SSSR count). The zero-order valence-electron chi connectivity index (χ0n) is 9.54. The van der Waals surface area contributed by atoms with Crippen LogP contribution in [0.5, 0.6) is 0 Å². The molecule has 5 heteroatoms. The molecule has 2 aromatic rings. The molecule has 0 radical (unpaired) electrons. The van der Waals surface area contributed by atoms with Gasteiger partial charge in [0.1, 0.15) is 5.69 Å². The van der Waals surface area contributed by atoms with Crippen LogP contribution in [0.1, 0.15) is 16.1 Å². The molecule has 0 aliphatic rings. The monoisotopic (exact) mass is 326 g/mol. The van der Waals surface area contributed by atoms with Gasteiger partial charge in [0.15, 0.2) is 0 Å². The fraction of sp³-hybridized carbons (Fsp3) is 0.154. The van der Waals surface area contributed by atoms with Crippen LogP contribution < -0.4 is 5.32 Å². The maximum absolute atomic E-state index is 11.7. The van der Waals surface area contributed by atoms with E-state index >= 15 is 0 Å². The van der Waals surface area contributed by atoms with Crippen molar-refractivity contribution in [2.75, 3.05) is 6.54 Å². The SMILES string of the molecule is O=C(NCCc1ccc(Cl)cc1)c1cc(Br)c[nH]1. The number of benzene rings is 1. The molecule has 2 N–H and O–H groups in total. The second-order valence-electron chi connectivity index (χ2n) is 3.86. The maximum Gasteiger partial charge on any atom is 0.267 e. The van der Waals surface area contributed by atoms with Gasteiger partial charge in [-0.25, -0.2) is 0 Å². The van der Waals surface area contributed by atoms with Gasteiger partial charge in [-0.15, -0.1) is 0 Å². The molecular formula is C13H12BrClN2O. The molecular weight excluding hydrogens is 316 g/mol. The number of rotatable bonds is 4. The zero-order valence-corrected chi connectivity index (χ0v) is 11.9. The largest absolute Gasteiger partial charge is 0.356 e. The number of H-pyrrole nitrogens is 1. The molecule has 0 unspecified atom stereocenters. The van der Waals surface area contributed by atoms with Crippen LogP contribution in [0.15, 0.2) is 41.0 Å². The molecule has 1 aromatic heterocycles. The van der Waals surface area contributed by atoms with Crippen molar-refractivity contribution in [1.29, 1.82) is 0 Å². The third-order valence-electron chi connectivity index (χ3n) is 2.50. The summed E-state index contributed by atoms with van der Waals surface area (Å²) in [5, 5.41) is 3.57. The molecule has 0 fully saturated rings. The Morgan fingerprint density at radius 3 is 2.67 bits per heavy atom. The van der Waals surface area contributed by atoms with E-state index in [2.05, 4.69) is 26.2 Å². The number of halogens is 2. The summed E-state index contributed by atoms with van der Waals surface area (Å²) in [7, 11) is 0. The minimum Gasteiger partial charge on any atom is -0.356 e. The van der Waals surface area contributed by atoms with Crippen LogP contribution in [-0.4, -0.2) is 17.4 Å². The number of carbonyl (C=O) groups is 1. The summed E-state index contributed by atoms with van der Waals surface area (Å²) in [6, 6.07) is 9.36. The number of aromatic nitrogens is 1. The van der Waals surface area contributed by atoms with Crippen LogP contribution in [0.2, 0.25) is 5.02 Å². The van der Waals surface area contributed by atoms with E-state index in [1.54, 1.807) is 12.3 Å². The van der Waals surface area contributed by atoms with Crippen LogP contribution in [0.25, 0.3) is 0 Å². The summed E-state index contributed by atoms with van der Waals surface area (Å²) in [6.45, 7) is 0.594. The first-order valence-corrected chi connectivity index (χ1v) is 6.69. The predicted octanol–water partition coefficient (Wildman–Crippen LogP) is 3.40. The smallest absolute Gasteiger partial charge is 0.267 e. The Kier molecular flexibility index (Phi) is 4.44. The summed E-state index contributed by atoms with van der Waals surface area (Å²) in [6.07, 6.45) is 2.51. The van der Waals surface area contributed by atoms with Crippen molar-refractivity contribution in [2.24, 2.45) is 0 Å². The molecule has 1 heterocycles. The van der Waals surface area contributed by atoms with Gasteiger partial charge in [-0.05, 0) is 46.1 Å². The highest BCUT2D eigenvalue weighted by atomic mass is 79.9. The van der Waals surface area contributed by atoms with E-state index < -0.39 is 0 Å². The predicted molar refractivity (Wildman–Crippen MR) is 76.0 cm³/mol. The van der Waals surface area contributed by atoms with Crippen molar-refractivity contribution in [3.63, 3.8) is 0 Å². The van der Waals surface area contributed by atoms with E-state index in [1.165, 1.54) is 0 Å². The summed E-state index contributed by atoms with van der Waals surface area (Å²) >= 11 is 9.09. The summed E-state index contributed by atoms with van der Waals surface area (Å²) in [4.78, 5) is 14.6. The second kappa shape index (κ2) is 6.07. The van der Waals surface area contributed by atoms with E-state index in [0.29, 0.717) is 12.2 Å². The Morgan fingerprint density at radius 1 is 1.33 bits per heavy atom. The number of amides is 1. The Labute approximate surface area is 119 Å². The van der Waals surface area contributed by atoms with Gasteiger partial charge in [-0.1, -0.05) is 23.7 Å². The fourth-order valence-corrected chi connectivity index (χ4v) is 2.04. The first kappa shape index (κ1) is 13.2. The van der Waals surface area contributed by atoms with Crippen LogP contribution in [-0.2, 0) is 6.42 Å². The Morgan fingerprint density at radius 2 is 2.06 bits per heavy atom. The molecule has 0 spiro atoms. The van der Waals surface area contributed by atoms with Crippen LogP contribution in [0.4, 0.5) is 0 Å². The van der Waals surface area contributed by atoms with Crippen molar-refractivity contribution in [3.05, 3.63) is 57.3 Å². The lowest BCUT2D eigenvalue weighted by Crippen LogP contribution is -2.25. The van der Waals surface area contributed by atoms with Crippen molar-refractivity contribution >= 4 is 33.4 Å². The zero-order chi connectivity index (χ0) is 13.0. The molecule has 0 aliphatic carbocycles. The normalized spacial score (nSPS) is 10.3. The van der Waals surface area contributed by atoms with Gasteiger partial charge in [0.05, 0.1) is 0 Å². The number of aromatic amines is 1. The van der Waals surface area contributed by atoms with Crippen molar-refractivity contribution in [3.8, 4) is 0 Å². The average molecular weight is 328 g/mol. The van der Waals surface area contributed by atoms with Gasteiger partial charge in [0.25, 0.3) is 5.91 Å². The number of hydrogen-bond donors (Lipinski definition) is 2. The molecule has 0 saturated carbocycles. The molecule has 0 atom stereocenters. The summed E-state index contributed by atoms with van der Waals surface area (Å²) in [5.74, 6) is -0.102. The lowest BCUT2D eigenvalue weighted by Gasteiger charge is -2.04. The lowest BCUT2D eigenvalue weighted by molar-refractivity contribution is 0.0950. The van der Waals surface area contributed by atoms with Crippen molar-refractivity contribution in [2.45, 2.75) is 6.42 Å². The van der Waals surface area contributed by atoms with Crippen LogP contribution in [0, 0.1) is 0 Å². The second-order valence-corrected chi connectivity index (χ2v) is 5.22. The Balaban J connectivity index is 1.82. The topological polar surface area (TPSA) is 44.9 Å². The third kappa shape index (κ3) is 3.62. The molecule has 94 valence electrons. The van der Waals surface area contributed by atoms with Gasteiger partial charge in [-0.2, -0.15) is 0 Å². The molecule has 0 bridgehead atoms. The average Bonchev–Trinajstić information content (AvgIpc) is 2.78. The highest BCUT2D eigenvalue weighted by Crippen LogP contribution is 2.11. The van der Waals surface area contributed by atoms with E-state index in [1.807, 2.05) is 24.3 Å². The minimum atomic E-state index is -0.102.